The third-order valence-electron chi connectivity index (χ3n) is 3.72. The molecule has 2 rings (SSSR count). The smallest absolute Gasteiger partial charge is 0.132 e. The Hall–Kier alpha value is -0.760. The summed E-state index contributed by atoms with van der Waals surface area (Å²) in [5.41, 5.74) is 2.65. The number of hydrogen-bond acceptors (Lipinski definition) is 2. The van der Waals surface area contributed by atoms with Crippen molar-refractivity contribution in [1.82, 2.24) is 4.98 Å². The van der Waals surface area contributed by atoms with Gasteiger partial charge in [0.2, 0.25) is 0 Å². The third kappa shape index (κ3) is 3.35. The fraction of sp³-hybridized carbons (Fsp3) is 0.643. The molecule has 1 aromatic rings. The van der Waals surface area contributed by atoms with Gasteiger partial charge < -0.3 is 5.32 Å². The van der Waals surface area contributed by atoms with Gasteiger partial charge in [0.25, 0.3) is 0 Å². The number of nitrogens with zero attached hydrogens (tertiary/aromatic N) is 1. The zero-order valence-corrected chi connectivity index (χ0v) is 11.6. The Balaban J connectivity index is 1.95. The number of aryl methyl sites for hydroxylation is 1. The summed E-state index contributed by atoms with van der Waals surface area (Å²) in [6.45, 7) is 6.71. The molecule has 0 amide bonds. The first-order valence-electron chi connectivity index (χ1n) is 6.35. The predicted octanol–water partition coefficient (Wildman–Crippen LogP) is 4.42. The average molecular weight is 253 g/mol. The van der Waals surface area contributed by atoms with Crippen LogP contribution in [0.25, 0.3) is 0 Å². The Kier molecular flexibility index (Phi) is 3.62. The molecule has 1 aliphatic carbocycles. The van der Waals surface area contributed by atoms with E-state index in [4.69, 9.17) is 11.6 Å². The molecule has 2 nitrogen and oxygen atoms in total. The first-order valence-corrected chi connectivity index (χ1v) is 6.73. The van der Waals surface area contributed by atoms with Gasteiger partial charge in [-0.3, -0.25) is 0 Å². The lowest BCUT2D eigenvalue weighted by Crippen LogP contribution is -2.29. The Morgan fingerprint density at radius 3 is 2.59 bits per heavy atom. The highest BCUT2D eigenvalue weighted by Crippen LogP contribution is 2.36. The number of anilines is 1. The van der Waals surface area contributed by atoms with Crippen molar-refractivity contribution in [1.29, 1.82) is 0 Å². The van der Waals surface area contributed by atoms with E-state index < -0.39 is 0 Å². The largest absolute Gasteiger partial charge is 0.381 e. The molecule has 1 aromatic heterocycles. The van der Waals surface area contributed by atoms with Crippen LogP contribution < -0.4 is 5.32 Å². The second-order valence-electron chi connectivity index (χ2n) is 5.91. The molecule has 0 aromatic carbocycles. The standard InChI is InChI=1S/C14H21ClN2/c1-10-8-12(9-16-13(10)15)17-11-4-6-14(2,3)7-5-11/h8-9,11,17H,4-7H2,1-3H3. The van der Waals surface area contributed by atoms with E-state index in [0.29, 0.717) is 16.6 Å². The number of rotatable bonds is 2. The highest BCUT2D eigenvalue weighted by molar-refractivity contribution is 6.30. The molecule has 0 saturated heterocycles. The normalized spacial score (nSPS) is 20.2. The Morgan fingerprint density at radius 1 is 1.35 bits per heavy atom. The van der Waals surface area contributed by atoms with E-state index in [1.165, 1.54) is 25.7 Å². The van der Waals surface area contributed by atoms with Crippen LogP contribution in [0.4, 0.5) is 5.69 Å². The molecule has 1 fully saturated rings. The second-order valence-corrected chi connectivity index (χ2v) is 6.27. The molecule has 0 bridgehead atoms. The molecule has 0 unspecified atom stereocenters. The van der Waals surface area contributed by atoms with Gasteiger partial charge in [0.05, 0.1) is 11.9 Å². The Morgan fingerprint density at radius 2 is 2.00 bits per heavy atom. The fourth-order valence-electron chi connectivity index (χ4n) is 2.42. The molecule has 17 heavy (non-hydrogen) atoms. The van der Waals surface area contributed by atoms with Crippen molar-refractivity contribution in [3.63, 3.8) is 0 Å². The van der Waals surface area contributed by atoms with E-state index in [9.17, 15) is 0 Å². The van der Waals surface area contributed by atoms with Gasteiger partial charge in [0.1, 0.15) is 5.15 Å². The second kappa shape index (κ2) is 4.85. The molecule has 1 saturated carbocycles. The summed E-state index contributed by atoms with van der Waals surface area (Å²) in [6.07, 6.45) is 6.91. The highest BCUT2D eigenvalue weighted by Gasteiger charge is 2.26. The Bertz CT molecular complexity index is 391. The molecule has 94 valence electrons. The SMILES string of the molecule is Cc1cc(NC2CCC(C)(C)CC2)cnc1Cl. The van der Waals surface area contributed by atoms with Crippen molar-refractivity contribution in [2.75, 3.05) is 5.32 Å². The third-order valence-corrected chi connectivity index (χ3v) is 4.12. The fourth-order valence-corrected chi connectivity index (χ4v) is 2.52. The van der Waals surface area contributed by atoms with Gasteiger partial charge in [-0.15, -0.1) is 0 Å². The van der Waals surface area contributed by atoms with E-state index in [2.05, 4.69) is 30.2 Å². The van der Waals surface area contributed by atoms with Gasteiger partial charge in [0, 0.05) is 6.04 Å². The van der Waals surface area contributed by atoms with Crippen molar-refractivity contribution in [3.8, 4) is 0 Å². The molecule has 0 spiro atoms. The molecule has 0 radical (unpaired) electrons. The lowest BCUT2D eigenvalue weighted by molar-refractivity contribution is 0.232. The van der Waals surface area contributed by atoms with Crippen LogP contribution in [-0.4, -0.2) is 11.0 Å². The topological polar surface area (TPSA) is 24.9 Å². The van der Waals surface area contributed by atoms with Crippen LogP contribution in [0.1, 0.15) is 45.1 Å². The van der Waals surface area contributed by atoms with Gasteiger partial charge in [-0.2, -0.15) is 0 Å². The van der Waals surface area contributed by atoms with Crippen LogP contribution >= 0.6 is 11.6 Å². The first-order chi connectivity index (χ1) is 7.96. The summed E-state index contributed by atoms with van der Waals surface area (Å²) < 4.78 is 0. The molecular formula is C14H21ClN2. The predicted molar refractivity (Wildman–Crippen MR) is 73.6 cm³/mol. The molecule has 0 aliphatic heterocycles. The van der Waals surface area contributed by atoms with E-state index in [-0.39, 0.29) is 0 Å². The van der Waals surface area contributed by atoms with Crippen LogP contribution in [0.15, 0.2) is 12.3 Å². The summed E-state index contributed by atoms with van der Waals surface area (Å²) in [5, 5.41) is 4.16. The summed E-state index contributed by atoms with van der Waals surface area (Å²) in [7, 11) is 0. The molecule has 3 heteroatoms. The minimum Gasteiger partial charge on any atom is -0.381 e. The molecule has 0 atom stereocenters. The van der Waals surface area contributed by atoms with Gasteiger partial charge in [-0.05, 0) is 49.7 Å². The van der Waals surface area contributed by atoms with Crippen molar-refractivity contribution in [2.45, 2.75) is 52.5 Å². The van der Waals surface area contributed by atoms with Crippen LogP contribution in [0.5, 0.6) is 0 Å². The van der Waals surface area contributed by atoms with Crippen molar-refractivity contribution < 1.29 is 0 Å². The van der Waals surface area contributed by atoms with E-state index >= 15 is 0 Å². The van der Waals surface area contributed by atoms with E-state index in [1.54, 1.807) is 0 Å². The number of aromatic nitrogens is 1. The van der Waals surface area contributed by atoms with Crippen LogP contribution in [0, 0.1) is 12.3 Å². The maximum absolute atomic E-state index is 5.92. The maximum Gasteiger partial charge on any atom is 0.132 e. The summed E-state index contributed by atoms with van der Waals surface area (Å²) in [5.74, 6) is 0. The number of nitrogens with one attached hydrogen (secondary N) is 1. The molecule has 1 N–H and O–H groups in total. The minimum atomic E-state index is 0.520. The van der Waals surface area contributed by atoms with Gasteiger partial charge in [-0.1, -0.05) is 25.4 Å². The van der Waals surface area contributed by atoms with Crippen molar-refractivity contribution in [3.05, 3.63) is 23.0 Å². The van der Waals surface area contributed by atoms with E-state index in [0.717, 1.165) is 11.3 Å². The number of hydrogen-bond donors (Lipinski definition) is 1. The summed E-state index contributed by atoms with van der Waals surface area (Å²) >= 11 is 5.92. The van der Waals surface area contributed by atoms with Gasteiger partial charge in [0.15, 0.2) is 0 Å². The first kappa shape index (κ1) is 12.7. The van der Waals surface area contributed by atoms with Crippen molar-refractivity contribution in [2.24, 2.45) is 5.41 Å². The van der Waals surface area contributed by atoms with Crippen LogP contribution in [0.3, 0.4) is 0 Å². The van der Waals surface area contributed by atoms with Crippen LogP contribution in [-0.2, 0) is 0 Å². The zero-order chi connectivity index (χ0) is 12.5. The summed E-state index contributed by atoms with van der Waals surface area (Å²) in [6, 6.07) is 2.67. The zero-order valence-electron chi connectivity index (χ0n) is 10.9. The molecule has 1 aliphatic rings. The highest BCUT2D eigenvalue weighted by atomic mass is 35.5. The lowest BCUT2D eigenvalue weighted by Gasteiger charge is -2.35. The monoisotopic (exact) mass is 252 g/mol. The molecular weight excluding hydrogens is 232 g/mol. The minimum absolute atomic E-state index is 0.520. The van der Waals surface area contributed by atoms with E-state index in [1.807, 2.05) is 13.1 Å². The van der Waals surface area contributed by atoms with Crippen LogP contribution in [0.2, 0.25) is 5.15 Å². The van der Waals surface area contributed by atoms with Crippen molar-refractivity contribution >= 4 is 17.3 Å². The number of halogens is 1. The van der Waals surface area contributed by atoms with Gasteiger partial charge >= 0.3 is 0 Å². The summed E-state index contributed by atoms with van der Waals surface area (Å²) in [4.78, 5) is 4.18. The maximum atomic E-state index is 5.92. The quantitative estimate of drug-likeness (QED) is 0.788. The van der Waals surface area contributed by atoms with Gasteiger partial charge in [-0.25, -0.2) is 4.98 Å². The average Bonchev–Trinajstić information content (AvgIpc) is 2.27. The Labute approximate surface area is 109 Å². The lowest BCUT2D eigenvalue weighted by atomic mass is 9.75. The number of pyridine rings is 1. The molecule has 1 heterocycles.